The topological polar surface area (TPSA) is 96.6 Å². The molecule has 108 valence electrons. The molecule has 0 fully saturated rings. The van der Waals surface area contributed by atoms with Gasteiger partial charge in [0.05, 0.1) is 4.92 Å². The third-order valence-electron chi connectivity index (χ3n) is 2.82. The Hall–Kier alpha value is -2.67. The maximum atomic E-state index is 12.4. The van der Waals surface area contributed by atoms with E-state index in [4.69, 9.17) is 11.6 Å². The average Bonchev–Trinajstić information content (AvgIpc) is 2.46. The van der Waals surface area contributed by atoms with Gasteiger partial charge in [0.2, 0.25) is 0 Å². The van der Waals surface area contributed by atoms with Crippen LogP contribution in [0.4, 0.5) is 11.4 Å². The van der Waals surface area contributed by atoms with Crippen molar-refractivity contribution in [2.75, 3.05) is 11.9 Å². The zero-order valence-electron chi connectivity index (χ0n) is 10.9. The number of carbonyl (C=O) groups excluding carboxylic acids is 1. The second kappa shape index (κ2) is 5.76. The molecule has 0 atom stereocenters. The van der Waals surface area contributed by atoms with Gasteiger partial charge in [0, 0.05) is 12.7 Å². The van der Waals surface area contributed by atoms with E-state index in [-0.39, 0.29) is 16.5 Å². The van der Waals surface area contributed by atoms with Gasteiger partial charge in [-0.25, -0.2) is 4.98 Å². The van der Waals surface area contributed by atoms with E-state index in [9.17, 15) is 20.0 Å². The van der Waals surface area contributed by atoms with Gasteiger partial charge >= 0.3 is 0 Å². The first kappa shape index (κ1) is 14.7. The summed E-state index contributed by atoms with van der Waals surface area (Å²) in [6.07, 6.45) is 0.945. The number of hydrogen-bond acceptors (Lipinski definition) is 5. The van der Waals surface area contributed by atoms with Crippen LogP contribution in [0, 0.1) is 10.1 Å². The molecule has 2 aromatic rings. The second-order valence-corrected chi connectivity index (χ2v) is 4.55. The number of aromatic nitrogens is 1. The van der Waals surface area contributed by atoms with Gasteiger partial charge in [-0.2, -0.15) is 0 Å². The third kappa shape index (κ3) is 3.09. The summed E-state index contributed by atoms with van der Waals surface area (Å²) in [5.41, 5.74) is -0.106. The van der Waals surface area contributed by atoms with Gasteiger partial charge in [-0.1, -0.05) is 11.6 Å². The van der Waals surface area contributed by atoms with Gasteiger partial charge in [0.1, 0.15) is 22.7 Å². The van der Waals surface area contributed by atoms with Crippen LogP contribution in [0.1, 0.15) is 10.4 Å². The lowest BCUT2D eigenvalue weighted by Gasteiger charge is -2.17. The molecule has 0 bridgehead atoms. The van der Waals surface area contributed by atoms with Crippen LogP contribution in [0.15, 0.2) is 36.5 Å². The summed E-state index contributed by atoms with van der Waals surface area (Å²) >= 11 is 5.70. The fourth-order valence-electron chi connectivity index (χ4n) is 1.71. The molecule has 1 amide bonds. The van der Waals surface area contributed by atoms with Crippen LogP contribution < -0.4 is 4.90 Å². The summed E-state index contributed by atoms with van der Waals surface area (Å²) < 4.78 is 0. The molecule has 0 radical (unpaired) electrons. The Bertz CT molecular complexity index is 703. The van der Waals surface area contributed by atoms with E-state index in [1.807, 2.05) is 0 Å². The molecular weight excluding hydrogens is 298 g/mol. The minimum absolute atomic E-state index is 0.0111. The highest BCUT2D eigenvalue weighted by atomic mass is 35.5. The first-order chi connectivity index (χ1) is 9.90. The molecule has 1 aromatic heterocycles. The number of nitro groups is 1. The van der Waals surface area contributed by atoms with E-state index in [1.165, 1.54) is 36.2 Å². The minimum Gasteiger partial charge on any atom is -0.508 e. The number of carbonyl (C=O) groups is 1. The van der Waals surface area contributed by atoms with Crippen LogP contribution in [0.3, 0.4) is 0 Å². The van der Waals surface area contributed by atoms with E-state index < -0.39 is 16.5 Å². The number of phenols is 1. The number of pyridine rings is 1. The summed E-state index contributed by atoms with van der Waals surface area (Å²) in [6, 6.07) is 7.00. The predicted octanol–water partition coefficient (Wildman–Crippen LogP) is 2.63. The second-order valence-electron chi connectivity index (χ2n) is 4.16. The standard InChI is InChI=1S/C13H10ClN3O4/c1-16(8-2-4-9(18)5-3-8)13(19)10-6-12(14)15-7-11(10)17(20)21/h2-7,18H,1H3. The van der Waals surface area contributed by atoms with Crippen molar-refractivity contribution in [3.63, 3.8) is 0 Å². The largest absolute Gasteiger partial charge is 0.508 e. The van der Waals surface area contributed by atoms with Gasteiger partial charge in [0.25, 0.3) is 11.6 Å². The molecule has 1 aromatic carbocycles. The molecular formula is C13H10ClN3O4. The third-order valence-corrected chi connectivity index (χ3v) is 3.03. The average molecular weight is 308 g/mol. The first-order valence-electron chi connectivity index (χ1n) is 5.77. The van der Waals surface area contributed by atoms with Crippen LogP contribution in [-0.2, 0) is 0 Å². The molecule has 0 spiro atoms. The first-order valence-corrected chi connectivity index (χ1v) is 6.15. The lowest BCUT2D eigenvalue weighted by molar-refractivity contribution is -0.385. The molecule has 1 N–H and O–H groups in total. The normalized spacial score (nSPS) is 10.2. The molecule has 7 nitrogen and oxygen atoms in total. The Morgan fingerprint density at radius 3 is 2.57 bits per heavy atom. The van der Waals surface area contributed by atoms with Crippen molar-refractivity contribution in [2.45, 2.75) is 0 Å². The molecule has 0 saturated heterocycles. The van der Waals surface area contributed by atoms with Gasteiger partial charge < -0.3 is 10.0 Å². The highest BCUT2D eigenvalue weighted by Crippen LogP contribution is 2.25. The van der Waals surface area contributed by atoms with Crippen LogP contribution in [-0.4, -0.2) is 28.0 Å². The summed E-state index contributed by atoms with van der Waals surface area (Å²) in [7, 11) is 1.47. The number of anilines is 1. The number of hydrogen-bond donors (Lipinski definition) is 1. The van der Waals surface area contributed by atoms with Gasteiger partial charge in [-0.15, -0.1) is 0 Å². The van der Waals surface area contributed by atoms with Crippen molar-refractivity contribution in [2.24, 2.45) is 0 Å². The van der Waals surface area contributed by atoms with E-state index in [1.54, 1.807) is 0 Å². The van der Waals surface area contributed by atoms with Crippen molar-refractivity contribution in [1.29, 1.82) is 0 Å². The number of halogens is 1. The highest BCUT2D eigenvalue weighted by molar-refractivity contribution is 6.30. The lowest BCUT2D eigenvalue weighted by atomic mass is 10.2. The van der Waals surface area contributed by atoms with E-state index in [2.05, 4.69) is 4.98 Å². The van der Waals surface area contributed by atoms with Crippen LogP contribution in [0.2, 0.25) is 5.15 Å². The van der Waals surface area contributed by atoms with E-state index >= 15 is 0 Å². The fraction of sp³-hybridized carbons (Fsp3) is 0.0769. The van der Waals surface area contributed by atoms with Gasteiger partial charge in [0.15, 0.2) is 0 Å². The maximum absolute atomic E-state index is 12.4. The smallest absolute Gasteiger partial charge is 0.300 e. The summed E-state index contributed by atoms with van der Waals surface area (Å²) in [5, 5.41) is 20.2. The van der Waals surface area contributed by atoms with Gasteiger partial charge in [-0.05, 0) is 30.3 Å². The quantitative estimate of drug-likeness (QED) is 0.534. The zero-order valence-corrected chi connectivity index (χ0v) is 11.6. The molecule has 8 heteroatoms. The van der Waals surface area contributed by atoms with Crippen LogP contribution in [0.5, 0.6) is 5.75 Å². The fourth-order valence-corrected chi connectivity index (χ4v) is 1.87. The lowest BCUT2D eigenvalue weighted by Crippen LogP contribution is -2.27. The zero-order chi connectivity index (χ0) is 15.6. The predicted molar refractivity (Wildman–Crippen MR) is 76.7 cm³/mol. The monoisotopic (exact) mass is 307 g/mol. The number of nitrogens with zero attached hydrogens (tertiary/aromatic N) is 3. The number of phenolic OH excluding ortho intramolecular Hbond substituents is 1. The summed E-state index contributed by atoms with van der Waals surface area (Å²) in [5.74, 6) is -0.547. The van der Waals surface area contributed by atoms with Crippen molar-refractivity contribution >= 4 is 28.9 Å². The summed E-state index contributed by atoms with van der Waals surface area (Å²) in [4.78, 5) is 27.5. The molecule has 2 rings (SSSR count). The minimum atomic E-state index is -0.693. The van der Waals surface area contributed by atoms with E-state index in [0.29, 0.717) is 5.69 Å². The number of benzene rings is 1. The van der Waals surface area contributed by atoms with Crippen molar-refractivity contribution in [3.8, 4) is 5.75 Å². The number of aromatic hydroxyl groups is 1. The van der Waals surface area contributed by atoms with E-state index in [0.717, 1.165) is 12.3 Å². The Morgan fingerprint density at radius 2 is 2.00 bits per heavy atom. The number of amides is 1. The molecule has 0 saturated carbocycles. The molecule has 0 aliphatic heterocycles. The van der Waals surface area contributed by atoms with Crippen molar-refractivity contribution < 1.29 is 14.8 Å². The van der Waals surface area contributed by atoms with Crippen LogP contribution in [0.25, 0.3) is 0 Å². The highest BCUT2D eigenvalue weighted by Gasteiger charge is 2.24. The molecule has 21 heavy (non-hydrogen) atoms. The summed E-state index contributed by atoms with van der Waals surface area (Å²) in [6.45, 7) is 0. The maximum Gasteiger partial charge on any atom is 0.300 e. The van der Waals surface area contributed by atoms with Crippen molar-refractivity contribution in [1.82, 2.24) is 4.98 Å². The Morgan fingerprint density at radius 1 is 1.38 bits per heavy atom. The number of rotatable bonds is 3. The van der Waals surface area contributed by atoms with Crippen LogP contribution >= 0.6 is 11.6 Å². The van der Waals surface area contributed by atoms with Crippen molar-refractivity contribution in [3.05, 3.63) is 57.4 Å². The molecule has 0 aliphatic rings. The Labute approximate surface area is 124 Å². The molecule has 1 heterocycles. The van der Waals surface area contributed by atoms with Gasteiger partial charge in [-0.3, -0.25) is 14.9 Å². The Kier molecular flexibility index (Phi) is 4.04. The Balaban J connectivity index is 2.41. The molecule has 0 aliphatic carbocycles. The SMILES string of the molecule is CN(C(=O)c1cc(Cl)ncc1[N+](=O)[O-])c1ccc(O)cc1. The molecule has 0 unspecified atom stereocenters.